The topological polar surface area (TPSA) is 43.1 Å². The van der Waals surface area contributed by atoms with Gasteiger partial charge in [-0.1, -0.05) is 34.8 Å². The molecule has 0 aliphatic rings. The largest absolute Gasteiger partial charge is 0.396 e. The highest BCUT2D eigenvalue weighted by molar-refractivity contribution is 6.43. The lowest BCUT2D eigenvalue weighted by Gasteiger charge is -2.09. The van der Waals surface area contributed by atoms with E-state index in [-0.39, 0.29) is 26.3 Å². The third kappa shape index (κ3) is 2.73. The maximum atomic E-state index is 13.7. The van der Waals surface area contributed by atoms with Crippen molar-refractivity contribution in [1.82, 2.24) is 0 Å². The van der Waals surface area contributed by atoms with Crippen LogP contribution in [0.25, 0.3) is 0 Å². The van der Waals surface area contributed by atoms with Crippen molar-refractivity contribution in [2.45, 2.75) is 0 Å². The molecule has 0 unspecified atom stereocenters. The van der Waals surface area contributed by atoms with Crippen LogP contribution in [0.15, 0.2) is 24.3 Å². The Balaban J connectivity index is 2.61. The number of rotatable bonds is 2. The van der Waals surface area contributed by atoms with Crippen molar-refractivity contribution < 1.29 is 13.6 Å². The van der Waals surface area contributed by atoms with Gasteiger partial charge in [0.05, 0.1) is 26.9 Å². The molecule has 0 amide bonds. The minimum absolute atomic E-state index is 0.0326. The van der Waals surface area contributed by atoms with E-state index in [0.29, 0.717) is 6.07 Å². The van der Waals surface area contributed by atoms with E-state index in [1.54, 1.807) is 0 Å². The predicted molar refractivity (Wildman–Crippen MR) is 75.7 cm³/mol. The molecule has 2 aromatic rings. The molecule has 0 saturated heterocycles. The molecule has 0 aromatic heterocycles. The fourth-order valence-corrected chi connectivity index (χ4v) is 2.62. The molecular weight excluding hydrogens is 331 g/mol. The average Bonchev–Trinajstić information content (AvgIpc) is 2.32. The van der Waals surface area contributed by atoms with Crippen LogP contribution in [-0.2, 0) is 0 Å². The molecule has 0 bridgehead atoms. The van der Waals surface area contributed by atoms with Gasteiger partial charge in [-0.05, 0) is 18.2 Å². The third-order valence-corrected chi connectivity index (χ3v) is 3.38. The van der Waals surface area contributed by atoms with Gasteiger partial charge in [0.25, 0.3) is 0 Å². The van der Waals surface area contributed by atoms with Crippen molar-refractivity contribution in [3.8, 4) is 0 Å². The molecule has 0 fully saturated rings. The Bertz CT molecular complexity index is 696. The van der Waals surface area contributed by atoms with E-state index in [1.165, 1.54) is 12.1 Å². The molecule has 0 radical (unpaired) electrons. The summed E-state index contributed by atoms with van der Waals surface area (Å²) >= 11 is 17.5. The second kappa shape index (κ2) is 5.56. The fraction of sp³-hybridized carbons (Fsp3) is 0. The van der Waals surface area contributed by atoms with E-state index in [2.05, 4.69) is 0 Å². The number of nitrogen functional groups attached to an aromatic ring is 1. The molecule has 0 spiro atoms. The van der Waals surface area contributed by atoms with Gasteiger partial charge in [-0.15, -0.1) is 0 Å². The third-order valence-electron chi connectivity index (χ3n) is 2.56. The molecule has 7 heteroatoms. The van der Waals surface area contributed by atoms with E-state index in [9.17, 15) is 13.6 Å². The zero-order valence-corrected chi connectivity index (χ0v) is 12.0. The zero-order valence-electron chi connectivity index (χ0n) is 9.68. The molecule has 0 atom stereocenters. The van der Waals surface area contributed by atoms with Crippen molar-refractivity contribution in [2.75, 3.05) is 5.73 Å². The summed E-state index contributed by atoms with van der Waals surface area (Å²) < 4.78 is 26.8. The first-order valence-electron chi connectivity index (χ1n) is 5.25. The first-order valence-corrected chi connectivity index (χ1v) is 6.38. The second-order valence-electron chi connectivity index (χ2n) is 3.93. The normalized spacial score (nSPS) is 10.7. The number of nitrogens with two attached hydrogens (primary N) is 1. The molecule has 2 nitrogen and oxygen atoms in total. The van der Waals surface area contributed by atoms with E-state index in [4.69, 9.17) is 40.5 Å². The van der Waals surface area contributed by atoms with Crippen molar-refractivity contribution in [3.63, 3.8) is 0 Å². The van der Waals surface area contributed by atoms with Crippen LogP contribution in [0.5, 0.6) is 0 Å². The fourth-order valence-electron chi connectivity index (χ4n) is 1.63. The highest BCUT2D eigenvalue weighted by Crippen LogP contribution is 2.32. The Labute approximate surface area is 128 Å². The van der Waals surface area contributed by atoms with Gasteiger partial charge in [0.1, 0.15) is 11.6 Å². The van der Waals surface area contributed by atoms with Crippen molar-refractivity contribution in [3.05, 3.63) is 62.1 Å². The smallest absolute Gasteiger partial charge is 0.199 e. The SMILES string of the molecule is Nc1cc(C(=O)c2c(Cl)cc(Cl)cc2Cl)c(F)cc1F. The first kappa shape index (κ1) is 15.0. The van der Waals surface area contributed by atoms with Gasteiger partial charge in [-0.3, -0.25) is 4.79 Å². The molecule has 0 aliphatic heterocycles. The first-order chi connectivity index (χ1) is 9.31. The second-order valence-corrected chi connectivity index (χ2v) is 5.18. The molecule has 20 heavy (non-hydrogen) atoms. The van der Waals surface area contributed by atoms with Crippen molar-refractivity contribution >= 4 is 46.3 Å². The predicted octanol–water partition coefficient (Wildman–Crippen LogP) is 4.74. The number of halogens is 5. The Hall–Kier alpha value is -1.36. The van der Waals surface area contributed by atoms with Gasteiger partial charge in [0, 0.05) is 11.1 Å². The molecule has 104 valence electrons. The van der Waals surface area contributed by atoms with Gasteiger partial charge in [-0.2, -0.15) is 0 Å². The zero-order chi connectivity index (χ0) is 15.0. The van der Waals surface area contributed by atoms with Crippen LogP contribution in [0.2, 0.25) is 15.1 Å². The lowest BCUT2D eigenvalue weighted by molar-refractivity contribution is 0.103. The highest BCUT2D eigenvalue weighted by Gasteiger charge is 2.22. The van der Waals surface area contributed by atoms with Gasteiger partial charge >= 0.3 is 0 Å². The lowest BCUT2D eigenvalue weighted by Crippen LogP contribution is -2.08. The van der Waals surface area contributed by atoms with Crippen LogP contribution in [0.3, 0.4) is 0 Å². The van der Waals surface area contributed by atoms with E-state index in [1.807, 2.05) is 0 Å². The number of carbonyl (C=O) groups excluding carboxylic acids is 1. The van der Waals surface area contributed by atoms with Crippen LogP contribution in [0, 0.1) is 11.6 Å². The molecular formula is C13H6Cl3F2NO. The quantitative estimate of drug-likeness (QED) is 0.636. The van der Waals surface area contributed by atoms with E-state index < -0.39 is 23.0 Å². The monoisotopic (exact) mass is 335 g/mol. The van der Waals surface area contributed by atoms with E-state index >= 15 is 0 Å². The van der Waals surface area contributed by atoms with Crippen LogP contribution in [-0.4, -0.2) is 5.78 Å². The average molecular weight is 337 g/mol. The van der Waals surface area contributed by atoms with Gasteiger partial charge < -0.3 is 5.73 Å². The van der Waals surface area contributed by atoms with E-state index in [0.717, 1.165) is 6.07 Å². The minimum Gasteiger partial charge on any atom is -0.396 e. The summed E-state index contributed by atoms with van der Waals surface area (Å²) in [6.07, 6.45) is 0. The number of anilines is 1. The van der Waals surface area contributed by atoms with Crippen LogP contribution in [0.1, 0.15) is 15.9 Å². The lowest BCUT2D eigenvalue weighted by atomic mass is 10.0. The molecule has 0 saturated carbocycles. The number of hydrogen-bond acceptors (Lipinski definition) is 2. The van der Waals surface area contributed by atoms with Gasteiger partial charge in [0.15, 0.2) is 5.78 Å². The number of carbonyl (C=O) groups is 1. The molecule has 2 rings (SSSR count). The maximum absolute atomic E-state index is 13.7. The number of hydrogen-bond donors (Lipinski definition) is 1. The summed E-state index contributed by atoms with van der Waals surface area (Å²) in [4.78, 5) is 12.3. The van der Waals surface area contributed by atoms with Crippen LogP contribution in [0.4, 0.5) is 14.5 Å². The maximum Gasteiger partial charge on any atom is 0.199 e. The van der Waals surface area contributed by atoms with Crippen molar-refractivity contribution in [1.29, 1.82) is 0 Å². The number of benzene rings is 2. The number of ketones is 1. The van der Waals surface area contributed by atoms with Gasteiger partial charge in [0.2, 0.25) is 0 Å². The van der Waals surface area contributed by atoms with Crippen LogP contribution >= 0.6 is 34.8 Å². The van der Waals surface area contributed by atoms with Crippen molar-refractivity contribution in [2.24, 2.45) is 0 Å². The molecule has 2 aromatic carbocycles. The summed E-state index contributed by atoms with van der Waals surface area (Å²) in [5.41, 5.74) is 4.43. The van der Waals surface area contributed by atoms with Crippen LogP contribution < -0.4 is 5.73 Å². The molecule has 0 heterocycles. The highest BCUT2D eigenvalue weighted by atomic mass is 35.5. The Morgan fingerprint density at radius 3 is 2.05 bits per heavy atom. The molecule has 0 aliphatic carbocycles. The Morgan fingerprint density at radius 1 is 0.950 bits per heavy atom. The summed E-state index contributed by atoms with van der Waals surface area (Å²) in [5.74, 6) is -2.81. The Kier molecular flexibility index (Phi) is 4.18. The Morgan fingerprint density at radius 2 is 1.50 bits per heavy atom. The summed E-state index contributed by atoms with van der Waals surface area (Å²) in [7, 11) is 0. The minimum atomic E-state index is -1.05. The standard InChI is InChI=1S/C13H6Cl3F2NO/c14-5-1-7(15)12(8(16)2-5)13(20)6-3-11(19)10(18)4-9(6)17/h1-4H,19H2. The summed E-state index contributed by atoms with van der Waals surface area (Å²) in [6, 6.07) is 4.02. The summed E-state index contributed by atoms with van der Waals surface area (Å²) in [6.45, 7) is 0. The van der Waals surface area contributed by atoms with Gasteiger partial charge in [-0.25, -0.2) is 8.78 Å². The molecule has 2 N–H and O–H groups in total. The summed E-state index contributed by atoms with van der Waals surface area (Å²) in [5, 5.41) is 0.167.